The highest BCUT2D eigenvalue weighted by molar-refractivity contribution is 5.96. The average molecular weight is 648 g/mol. The van der Waals surface area contributed by atoms with Gasteiger partial charge in [0.2, 0.25) is 0 Å². The first-order valence-corrected chi connectivity index (χ1v) is 14.0. The topological polar surface area (TPSA) is 116 Å². The third-order valence-corrected chi connectivity index (χ3v) is 7.37. The van der Waals surface area contributed by atoms with Crippen molar-refractivity contribution in [1.82, 2.24) is 19.6 Å². The van der Waals surface area contributed by atoms with Crippen molar-refractivity contribution in [2.45, 2.75) is 0 Å². The SMILES string of the molecule is COCCOc1ccc(N2CCN(CCNC(=O)c3cc(N)c4nc(-c5ccc(OC)c(OC)c5)cn4c3)CC2)cc1.Cl.Cl. The van der Waals surface area contributed by atoms with Gasteiger partial charge >= 0.3 is 0 Å². The lowest BCUT2D eigenvalue weighted by atomic mass is 10.1. The molecule has 0 bridgehead atoms. The van der Waals surface area contributed by atoms with Crippen LogP contribution in [0.4, 0.5) is 11.4 Å². The summed E-state index contributed by atoms with van der Waals surface area (Å²) in [6.45, 7) is 6.13. The summed E-state index contributed by atoms with van der Waals surface area (Å²) < 4.78 is 23.2. The molecule has 1 fully saturated rings. The fraction of sp³-hybridized carbons (Fsp3) is 0.355. The Bertz CT molecular complexity index is 1510. The van der Waals surface area contributed by atoms with Crippen molar-refractivity contribution in [3.05, 3.63) is 66.5 Å². The lowest BCUT2D eigenvalue weighted by Gasteiger charge is -2.36. The first-order valence-electron chi connectivity index (χ1n) is 14.0. The van der Waals surface area contributed by atoms with Crippen LogP contribution in [0.2, 0.25) is 0 Å². The number of nitrogen functional groups attached to an aromatic ring is 1. The number of methoxy groups -OCH3 is 3. The maximum Gasteiger partial charge on any atom is 0.252 e. The van der Waals surface area contributed by atoms with E-state index in [1.165, 1.54) is 5.69 Å². The minimum atomic E-state index is -0.170. The normalized spacial score (nSPS) is 13.1. The number of fused-ring (bicyclic) bond motifs is 1. The number of rotatable bonds is 12. The lowest BCUT2D eigenvalue weighted by Crippen LogP contribution is -2.48. The third-order valence-electron chi connectivity index (χ3n) is 7.37. The van der Waals surface area contributed by atoms with Crippen molar-refractivity contribution < 1.29 is 23.7 Å². The van der Waals surface area contributed by atoms with E-state index in [2.05, 4.69) is 32.2 Å². The lowest BCUT2D eigenvalue weighted by molar-refractivity contribution is 0.0947. The molecule has 0 aliphatic carbocycles. The maximum absolute atomic E-state index is 13.0. The minimum absolute atomic E-state index is 0. The molecule has 0 spiro atoms. The quantitative estimate of drug-likeness (QED) is 0.220. The van der Waals surface area contributed by atoms with Gasteiger partial charge < -0.3 is 39.3 Å². The molecule has 0 radical (unpaired) electrons. The number of nitrogens with two attached hydrogens (primary N) is 1. The van der Waals surface area contributed by atoms with Crippen molar-refractivity contribution in [2.24, 2.45) is 0 Å². The van der Waals surface area contributed by atoms with E-state index in [4.69, 9.17) is 24.7 Å². The molecule has 0 atom stereocenters. The second-order valence-corrected chi connectivity index (χ2v) is 10.0. The smallest absolute Gasteiger partial charge is 0.252 e. The van der Waals surface area contributed by atoms with Crippen molar-refractivity contribution in [3.63, 3.8) is 0 Å². The molecule has 13 heteroatoms. The zero-order valence-corrected chi connectivity index (χ0v) is 26.8. The summed E-state index contributed by atoms with van der Waals surface area (Å²) in [6, 6.07) is 15.5. The van der Waals surface area contributed by atoms with Crippen LogP contribution in [-0.2, 0) is 4.74 Å². The molecule has 1 amide bonds. The molecule has 2 aromatic heterocycles. The zero-order chi connectivity index (χ0) is 29.5. The molecular weight excluding hydrogens is 607 g/mol. The van der Waals surface area contributed by atoms with Crippen LogP contribution in [0.5, 0.6) is 17.2 Å². The van der Waals surface area contributed by atoms with E-state index in [9.17, 15) is 4.79 Å². The Morgan fingerprint density at radius 2 is 1.64 bits per heavy atom. The van der Waals surface area contributed by atoms with Gasteiger partial charge in [-0.3, -0.25) is 9.69 Å². The molecule has 44 heavy (non-hydrogen) atoms. The zero-order valence-electron chi connectivity index (χ0n) is 25.2. The molecule has 11 nitrogen and oxygen atoms in total. The number of ether oxygens (including phenoxy) is 4. The molecule has 0 unspecified atom stereocenters. The van der Waals surface area contributed by atoms with E-state index < -0.39 is 0 Å². The summed E-state index contributed by atoms with van der Waals surface area (Å²) >= 11 is 0. The number of piperazine rings is 1. The summed E-state index contributed by atoms with van der Waals surface area (Å²) in [5, 5.41) is 3.04. The van der Waals surface area contributed by atoms with Crippen LogP contribution in [0.25, 0.3) is 16.9 Å². The Morgan fingerprint density at radius 1 is 0.909 bits per heavy atom. The van der Waals surface area contributed by atoms with Gasteiger partial charge in [-0.2, -0.15) is 0 Å². The Kier molecular flexibility index (Phi) is 12.8. The number of benzene rings is 2. The van der Waals surface area contributed by atoms with Gasteiger partial charge in [0, 0.05) is 70.0 Å². The van der Waals surface area contributed by atoms with Crippen LogP contribution in [-0.4, -0.2) is 94.0 Å². The molecule has 3 N–H and O–H groups in total. The van der Waals surface area contributed by atoms with Crippen molar-refractivity contribution in [2.75, 3.05) is 84.4 Å². The van der Waals surface area contributed by atoms with Crippen LogP contribution in [0, 0.1) is 0 Å². The standard InChI is InChI=1S/C31H38N6O5.2ClH/c1-39-16-17-42-25-7-5-24(6-8-25)36-14-12-35(13-15-36)11-10-33-31(38)23-18-26(32)30-34-27(21-37(30)20-23)22-4-9-28(40-2)29(19-22)41-3;;/h4-9,18-21H,10-17,32H2,1-3H3,(H,33,38);2*1H. The summed E-state index contributed by atoms with van der Waals surface area (Å²) in [5.74, 6) is 1.92. The van der Waals surface area contributed by atoms with Crippen LogP contribution < -0.4 is 30.2 Å². The summed E-state index contributed by atoms with van der Waals surface area (Å²) in [5.41, 5.74) is 10.5. The van der Waals surface area contributed by atoms with E-state index in [-0.39, 0.29) is 30.7 Å². The molecule has 2 aromatic carbocycles. The maximum atomic E-state index is 13.0. The number of halogens is 2. The molecule has 1 aliphatic heterocycles. The summed E-state index contributed by atoms with van der Waals surface area (Å²) in [4.78, 5) is 22.4. The second-order valence-electron chi connectivity index (χ2n) is 10.0. The fourth-order valence-corrected chi connectivity index (χ4v) is 5.04. The van der Waals surface area contributed by atoms with Gasteiger partial charge in [-0.15, -0.1) is 24.8 Å². The van der Waals surface area contributed by atoms with Crippen LogP contribution in [0.3, 0.4) is 0 Å². The molecule has 1 saturated heterocycles. The minimum Gasteiger partial charge on any atom is -0.493 e. The predicted molar refractivity (Wildman–Crippen MR) is 177 cm³/mol. The number of nitrogens with zero attached hydrogens (tertiary/aromatic N) is 4. The number of nitrogens with one attached hydrogen (secondary N) is 1. The largest absolute Gasteiger partial charge is 0.493 e. The van der Waals surface area contributed by atoms with Gasteiger partial charge in [0.15, 0.2) is 17.1 Å². The number of carbonyl (C=O) groups excluding carboxylic acids is 1. The Hall–Kier alpha value is -3.90. The number of anilines is 2. The first-order chi connectivity index (χ1) is 20.5. The highest BCUT2D eigenvalue weighted by atomic mass is 35.5. The van der Waals surface area contributed by atoms with E-state index >= 15 is 0 Å². The van der Waals surface area contributed by atoms with Gasteiger partial charge in [-0.1, -0.05) is 0 Å². The average Bonchev–Trinajstić information content (AvgIpc) is 3.46. The van der Waals surface area contributed by atoms with Crippen LogP contribution in [0.15, 0.2) is 60.9 Å². The number of imidazole rings is 1. The molecule has 4 aromatic rings. The number of pyridine rings is 1. The number of hydrogen-bond donors (Lipinski definition) is 2. The summed E-state index contributed by atoms with van der Waals surface area (Å²) in [7, 11) is 4.85. The molecular formula is C31H40Cl2N6O5. The van der Waals surface area contributed by atoms with Crippen molar-refractivity contribution in [1.29, 1.82) is 0 Å². The van der Waals surface area contributed by atoms with Gasteiger partial charge in [0.25, 0.3) is 5.91 Å². The Morgan fingerprint density at radius 3 is 2.32 bits per heavy atom. The molecule has 5 rings (SSSR count). The Balaban J connectivity index is 0.00000264. The number of hydrogen-bond acceptors (Lipinski definition) is 9. The predicted octanol–water partition coefficient (Wildman–Crippen LogP) is 4.02. The van der Waals surface area contributed by atoms with E-state index in [0.29, 0.717) is 53.8 Å². The molecule has 1 aliphatic rings. The molecule has 0 saturated carbocycles. The van der Waals surface area contributed by atoms with Gasteiger partial charge in [0.1, 0.15) is 12.4 Å². The second kappa shape index (κ2) is 16.2. The van der Waals surface area contributed by atoms with Crippen molar-refractivity contribution >= 4 is 47.7 Å². The van der Waals surface area contributed by atoms with E-state index in [1.54, 1.807) is 38.0 Å². The fourth-order valence-electron chi connectivity index (χ4n) is 5.04. The molecule has 238 valence electrons. The van der Waals surface area contributed by atoms with Gasteiger partial charge in [-0.05, 0) is 48.5 Å². The first kappa shape index (κ1) is 34.6. The highest BCUT2D eigenvalue weighted by Gasteiger charge is 2.18. The monoisotopic (exact) mass is 646 g/mol. The van der Waals surface area contributed by atoms with Crippen LogP contribution >= 0.6 is 24.8 Å². The number of amides is 1. The third kappa shape index (κ3) is 8.17. The van der Waals surface area contributed by atoms with E-state index in [0.717, 1.165) is 44.0 Å². The van der Waals surface area contributed by atoms with Crippen molar-refractivity contribution in [3.8, 4) is 28.5 Å². The summed E-state index contributed by atoms with van der Waals surface area (Å²) in [6.07, 6.45) is 3.61. The van der Waals surface area contributed by atoms with Gasteiger partial charge in [-0.25, -0.2) is 4.98 Å². The number of aromatic nitrogens is 2. The van der Waals surface area contributed by atoms with Gasteiger partial charge in [0.05, 0.1) is 37.8 Å². The highest BCUT2D eigenvalue weighted by Crippen LogP contribution is 2.32. The van der Waals surface area contributed by atoms with E-state index in [1.807, 2.05) is 36.5 Å². The van der Waals surface area contributed by atoms with Crippen LogP contribution in [0.1, 0.15) is 10.4 Å². The Labute approximate surface area is 270 Å². The molecule has 3 heterocycles. The number of carbonyl (C=O) groups is 1.